The van der Waals surface area contributed by atoms with E-state index in [-0.39, 0.29) is 5.76 Å². The number of carbonyl (C=O) groups is 1. The third-order valence-electron chi connectivity index (χ3n) is 2.40. The van der Waals surface area contributed by atoms with Crippen LogP contribution in [0.1, 0.15) is 10.6 Å². The number of ether oxygens (including phenoxy) is 1. The molecule has 0 aliphatic rings. The Hall–Kier alpha value is -1.79. The van der Waals surface area contributed by atoms with Crippen molar-refractivity contribution < 1.29 is 13.9 Å². The third kappa shape index (κ3) is 2.39. The highest BCUT2D eigenvalue weighted by atomic mass is 79.9. The van der Waals surface area contributed by atoms with Gasteiger partial charge >= 0.3 is 5.91 Å². The summed E-state index contributed by atoms with van der Waals surface area (Å²) in [6.45, 7) is 0. The van der Waals surface area contributed by atoms with Crippen LogP contribution in [0, 0.1) is 0 Å². The largest absolute Gasteiger partial charge is 0.497 e. The summed E-state index contributed by atoms with van der Waals surface area (Å²) in [5, 5.41) is 0. The molecule has 2 rings (SSSR count). The molecule has 0 unspecified atom stereocenters. The summed E-state index contributed by atoms with van der Waals surface area (Å²) in [5.74, 6) is 6.04. The fourth-order valence-electron chi connectivity index (χ4n) is 1.50. The Bertz CT molecular complexity index is 580. The Balaban J connectivity index is 2.37. The molecule has 0 bridgehead atoms. The molecule has 2 aromatic rings. The molecule has 1 aromatic heterocycles. The molecule has 3 N–H and O–H groups in total. The van der Waals surface area contributed by atoms with E-state index >= 15 is 0 Å². The average Bonchev–Trinajstić information content (AvgIpc) is 2.87. The summed E-state index contributed by atoms with van der Waals surface area (Å²) in [4.78, 5) is 11.3. The fraction of sp³-hybridized carbons (Fsp3) is 0.0833. The molecule has 1 heterocycles. The van der Waals surface area contributed by atoms with Crippen LogP contribution in [0.25, 0.3) is 11.3 Å². The van der Waals surface area contributed by atoms with Gasteiger partial charge in [0.1, 0.15) is 11.5 Å². The van der Waals surface area contributed by atoms with Gasteiger partial charge in [-0.05, 0) is 46.3 Å². The van der Waals surface area contributed by atoms with Crippen molar-refractivity contribution in [3.05, 3.63) is 40.6 Å². The van der Waals surface area contributed by atoms with E-state index in [4.69, 9.17) is 15.0 Å². The molecule has 0 saturated carbocycles. The van der Waals surface area contributed by atoms with Gasteiger partial charge in [0.2, 0.25) is 0 Å². The number of benzene rings is 1. The maximum Gasteiger partial charge on any atom is 0.300 e. The third-order valence-corrected chi connectivity index (χ3v) is 3.06. The second-order valence-corrected chi connectivity index (χ2v) is 4.34. The quantitative estimate of drug-likeness (QED) is 0.518. The number of carbonyl (C=O) groups excluding carboxylic acids is 1. The minimum atomic E-state index is -0.467. The van der Waals surface area contributed by atoms with Crippen molar-refractivity contribution >= 4 is 21.8 Å². The molecule has 6 heteroatoms. The number of amides is 1. The van der Waals surface area contributed by atoms with Crippen molar-refractivity contribution in [2.24, 2.45) is 5.84 Å². The van der Waals surface area contributed by atoms with Gasteiger partial charge in [0.15, 0.2) is 5.76 Å². The van der Waals surface area contributed by atoms with Gasteiger partial charge < -0.3 is 9.15 Å². The zero-order valence-electron chi connectivity index (χ0n) is 9.57. The normalized spacial score (nSPS) is 10.2. The lowest BCUT2D eigenvalue weighted by Gasteiger charge is -2.04. The second kappa shape index (κ2) is 5.24. The second-order valence-electron chi connectivity index (χ2n) is 3.48. The lowest BCUT2D eigenvalue weighted by atomic mass is 10.2. The van der Waals surface area contributed by atoms with E-state index in [9.17, 15) is 4.79 Å². The summed E-state index contributed by atoms with van der Waals surface area (Å²) >= 11 is 3.42. The molecule has 0 saturated heterocycles. The molecule has 0 spiro atoms. The Kier molecular flexibility index (Phi) is 3.69. The molecule has 0 fully saturated rings. The van der Waals surface area contributed by atoms with E-state index in [0.29, 0.717) is 5.76 Å². The van der Waals surface area contributed by atoms with E-state index in [1.807, 2.05) is 23.6 Å². The number of nitrogens with one attached hydrogen (secondary N) is 1. The number of methoxy groups -OCH3 is 1. The molecule has 5 nitrogen and oxygen atoms in total. The van der Waals surface area contributed by atoms with Gasteiger partial charge in [0.05, 0.1) is 7.11 Å². The predicted molar refractivity (Wildman–Crippen MR) is 70.0 cm³/mol. The van der Waals surface area contributed by atoms with Crippen LogP contribution in [0.15, 0.2) is 39.2 Å². The first-order valence-corrected chi connectivity index (χ1v) is 5.89. The van der Waals surface area contributed by atoms with Gasteiger partial charge in [0.25, 0.3) is 0 Å². The van der Waals surface area contributed by atoms with E-state index in [2.05, 4.69) is 15.9 Å². The highest BCUT2D eigenvalue weighted by Gasteiger charge is 2.13. The van der Waals surface area contributed by atoms with Crippen LogP contribution >= 0.6 is 15.9 Å². The molecule has 1 amide bonds. The van der Waals surface area contributed by atoms with Crippen molar-refractivity contribution in [2.45, 2.75) is 0 Å². The number of nitrogens with two attached hydrogens (primary N) is 1. The lowest BCUT2D eigenvalue weighted by molar-refractivity contribution is 0.0927. The van der Waals surface area contributed by atoms with Crippen molar-refractivity contribution in [3.8, 4) is 17.1 Å². The van der Waals surface area contributed by atoms with Crippen molar-refractivity contribution in [1.82, 2.24) is 5.43 Å². The smallest absolute Gasteiger partial charge is 0.300 e. The Labute approximate surface area is 112 Å². The van der Waals surface area contributed by atoms with Crippen LogP contribution in [-0.4, -0.2) is 13.0 Å². The first-order valence-electron chi connectivity index (χ1n) is 5.10. The number of hydrogen-bond donors (Lipinski definition) is 2. The van der Waals surface area contributed by atoms with Crippen LogP contribution in [0.4, 0.5) is 0 Å². The zero-order chi connectivity index (χ0) is 13.1. The molecular formula is C12H11BrN2O3. The van der Waals surface area contributed by atoms with Crippen LogP contribution in [-0.2, 0) is 0 Å². The number of rotatable bonds is 3. The summed E-state index contributed by atoms with van der Waals surface area (Å²) in [7, 11) is 1.60. The summed E-state index contributed by atoms with van der Waals surface area (Å²) in [6, 6.07) is 8.74. The maximum atomic E-state index is 11.3. The number of hydrogen-bond acceptors (Lipinski definition) is 4. The van der Waals surface area contributed by atoms with Gasteiger partial charge in [-0.15, -0.1) is 0 Å². The van der Waals surface area contributed by atoms with E-state index in [0.717, 1.165) is 15.8 Å². The molecule has 0 aliphatic carbocycles. The van der Waals surface area contributed by atoms with E-state index in [1.165, 1.54) is 0 Å². The van der Waals surface area contributed by atoms with Gasteiger partial charge in [-0.3, -0.25) is 10.2 Å². The Morgan fingerprint density at radius 2 is 2.17 bits per heavy atom. The van der Waals surface area contributed by atoms with Gasteiger partial charge in [-0.1, -0.05) is 0 Å². The van der Waals surface area contributed by atoms with Crippen LogP contribution in [0.3, 0.4) is 0 Å². The first-order chi connectivity index (χ1) is 8.65. The monoisotopic (exact) mass is 310 g/mol. The number of hydrazine groups is 1. The van der Waals surface area contributed by atoms with E-state index < -0.39 is 5.91 Å². The Morgan fingerprint density at radius 3 is 2.78 bits per heavy atom. The highest BCUT2D eigenvalue weighted by Crippen LogP contribution is 2.32. The van der Waals surface area contributed by atoms with Gasteiger partial charge in [-0.25, -0.2) is 5.84 Å². The van der Waals surface area contributed by atoms with E-state index in [1.54, 1.807) is 19.2 Å². The standard InChI is InChI=1S/C12H11BrN2O3/c1-17-7-2-3-8(9(13)6-7)10-4-5-11(18-10)12(16)15-14/h2-6H,14H2,1H3,(H,15,16). The average molecular weight is 311 g/mol. The minimum Gasteiger partial charge on any atom is -0.497 e. The number of halogens is 1. The van der Waals surface area contributed by atoms with Crippen molar-refractivity contribution in [2.75, 3.05) is 7.11 Å². The van der Waals surface area contributed by atoms with Gasteiger partial charge in [0, 0.05) is 10.0 Å². The zero-order valence-corrected chi connectivity index (χ0v) is 11.2. The summed E-state index contributed by atoms with van der Waals surface area (Å²) in [6.07, 6.45) is 0. The highest BCUT2D eigenvalue weighted by molar-refractivity contribution is 9.10. The fourth-order valence-corrected chi connectivity index (χ4v) is 2.05. The molecule has 94 valence electrons. The molecule has 0 radical (unpaired) electrons. The first kappa shape index (κ1) is 12.7. The van der Waals surface area contributed by atoms with Crippen LogP contribution < -0.4 is 16.0 Å². The topological polar surface area (TPSA) is 77.5 Å². The van der Waals surface area contributed by atoms with Crippen molar-refractivity contribution in [1.29, 1.82) is 0 Å². The summed E-state index contributed by atoms with van der Waals surface area (Å²) < 4.78 is 11.3. The maximum absolute atomic E-state index is 11.3. The lowest BCUT2D eigenvalue weighted by Crippen LogP contribution is -2.29. The molecule has 1 aromatic carbocycles. The predicted octanol–water partition coefficient (Wildman–Crippen LogP) is 2.32. The SMILES string of the molecule is COc1ccc(-c2ccc(C(=O)NN)o2)c(Br)c1. The van der Waals surface area contributed by atoms with Crippen LogP contribution in [0.2, 0.25) is 0 Å². The van der Waals surface area contributed by atoms with Crippen molar-refractivity contribution in [3.63, 3.8) is 0 Å². The Morgan fingerprint density at radius 1 is 1.39 bits per heavy atom. The number of nitrogen functional groups attached to an aromatic ring is 1. The molecule has 18 heavy (non-hydrogen) atoms. The molecule has 0 aliphatic heterocycles. The molecule has 0 atom stereocenters. The summed E-state index contributed by atoms with van der Waals surface area (Å²) in [5.41, 5.74) is 2.84. The molecular weight excluding hydrogens is 300 g/mol. The van der Waals surface area contributed by atoms with Crippen LogP contribution in [0.5, 0.6) is 5.75 Å². The van der Waals surface area contributed by atoms with Gasteiger partial charge in [-0.2, -0.15) is 0 Å². The minimum absolute atomic E-state index is 0.162. The number of furan rings is 1.